The fourth-order valence-electron chi connectivity index (χ4n) is 3.06. The summed E-state index contributed by atoms with van der Waals surface area (Å²) in [6.07, 6.45) is 0. The van der Waals surface area contributed by atoms with Gasteiger partial charge in [-0.25, -0.2) is 31.7 Å². The smallest absolute Gasteiger partial charge is 0.337 e. The van der Waals surface area contributed by atoms with Crippen molar-refractivity contribution in [3.63, 3.8) is 0 Å². The van der Waals surface area contributed by atoms with Gasteiger partial charge in [0.15, 0.2) is 23.3 Å². The maximum absolute atomic E-state index is 14.7. The Labute approximate surface area is 159 Å². The van der Waals surface area contributed by atoms with E-state index in [9.17, 15) is 31.9 Å². The molecule has 146 valence electrons. The van der Waals surface area contributed by atoms with Crippen LogP contribution in [0.15, 0.2) is 42.5 Å². The Bertz CT molecular complexity index is 1270. The van der Waals surface area contributed by atoms with Crippen molar-refractivity contribution in [3.8, 4) is 22.5 Å². The van der Waals surface area contributed by atoms with E-state index in [1.54, 1.807) is 0 Å². The highest BCUT2D eigenvalue weighted by Gasteiger charge is 2.30. The maximum Gasteiger partial charge on any atom is 0.337 e. The Hall–Kier alpha value is -3.75. The van der Waals surface area contributed by atoms with Gasteiger partial charge in [0.2, 0.25) is 0 Å². The van der Waals surface area contributed by atoms with Crippen molar-refractivity contribution in [2.45, 2.75) is 0 Å². The van der Waals surface area contributed by atoms with E-state index in [4.69, 9.17) is 0 Å². The predicted molar refractivity (Wildman–Crippen MR) is 93.7 cm³/mol. The fourth-order valence-corrected chi connectivity index (χ4v) is 3.06. The van der Waals surface area contributed by atoms with Crippen LogP contribution < -0.4 is 0 Å². The van der Waals surface area contributed by atoms with Crippen LogP contribution in [0.4, 0.5) is 22.0 Å². The molecule has 0 aliphatic carbocycles. The SMILES string of the molecule is O=C(O)c1cccc2[nH]c(-c3c(F)c(F)c(-c4ccccc4F)c(F)c3F)nc12. The highest BCUT2D eigenvalue weighted by atomic mass is 19.2. The van der Waals surface area contributed by atoms with E-state index in [2.05, 4.69) is 9.97 Å². The second-order valence-corrected chi connectivity index (χ2v) is 6.08. The van der Waals surface area contributed by atoms with Crippen LogP contribution in [0.2, 0.25) is 0 Å². The number of halogens is 5. The number of para-hydroxylation sites is 1. The Balaban J connectivity index is 2.00. The molecule has 29 heavy (non-hydrogen) atoms. The van der Waals surface area contributed by atoms with Gasteiger partial charge in [0.25, 0.3) is 0 Å². The first-order valence-corrected chi connectivity index (χ1v) is 8.14. The number of nitrogens with one attached hydrogen (secondary N) is 1. The second kappa shape index (κ2) is 6.69. The van der Waals surface area contributed by atoms with Crippen molar-refractivity contribution < 1.29 is 31.9 Å². The molecular formula is C20H9F5N2O2. The number of hydrogen-bond acceptors (Lipinski definition) is 2. The van der Waals surface area contributed by atoms with E-state index in [0.717, 1.165) is 12.1 Å². The molecule has 0 radical (unpaired) electrons. The van der Waals surface area contributed by atoms with Crippen molar-refractivity contribution in [1.82, 2.24) is 9.97 Å². The zero-order valence-corrected chi connectivity index (χ0v) is 14.2. The lowest BCUT2D eigenvalue weighted by molar-refractivity contribution is 0.0699. The third-order valence-corrected chi connectivity index (χ3v) is 4.39. The topological polar surface area (TPSA) is 66.0 Å². The van der Waals surface area contributed by atoms with Crippen molar-refractivity contribution in [3.05, 3.63) is 77.1 Å². The molecule has 0 unspecified atom stereocenters. The van der Waals surface area contributed by atoms with Gasteiger partial charge in [-0.1, -0.05) is 24.3 Å². The van der Waals surface area contributed by atoms with Gasteiger partial charge in [-0.2, -0.15) is 0 Å². The second-order valence-electron chi connectivity index (χ2n) is 6.08. The summed E-state index contributed by atoms with van der Waals surface area (Å²) in [7, 11) is 0. The maximum atomic E-state index is 14.7. The third kappa shape index (κ3) is 2.82. The summed E-state index contributed by atoms with van der Waals surface area (Å²) in [6, 6.07) is 8.35. The van der Waals surface area contributed by atoms with Gasteiger partial charge in [0, 0.05) is 5.56 Å². The zero-order chi connectivity index (χ0) is 20.9. The molecule has 4 nitrogen and oxygen atoms in total. The molecule has 2 N–H and O–H groups in total. The molecule has 0 aliphatic heterocycles. The number of fused-ring (bicyclic) bond motifs is 1. The van der Waals surface area contributed by atoms with E-state index in [1.165, 1.54) is 30.3 Å². The van der Waals surface area contributed by atoms with Crippen LogP contribution in [0.25, 0.3) is 33.5 Å². The molecule has 1 heterocycles. The summed E-state index contributed by atoms with van der Waals surface area (Å²) in [6.45, 7) is 0. The summed E-state index contributed by atoms with van der Waals surface area (Å²) >= 11 is 0. The Morgan fingerprint density at radius 1 is 0.828 bits per heavy atom. The summed E-state index contributed by atoms with van der Waals surface area (Å²) in [5, 5.41) is 9.19. The van der Waals surface area contributed by atoms with Gasteiger partial charge >= 0.3 is 5.97 Å². The molecule has 0 spiro atoms. The molecular weight excluding hydrogens is 395 g/mol. The minimum Gasteiger partial charge on any atom is -0.478 e. The van der Waals surface area contributed by atoms with Crippen LogP contribution in [0, 0.1) is 29.1 Å². The summed E-state index contributed by atoms with van der Waals surface area (Å²) in [5.41, 5.74) is -3.32. The Morgan fingerprint density at radius 3 is 2.07 bits per heavy atom. The molecule has 0 atom stereocenters. The van der Waals surface area contributed by atoms with Crippen LogP contribution in [-0.4, -0.2) is 21.0 Å². The normalized spacial score (nSPS) is 11.2. The van der Waals surface area contributed by atoms with Crippen LogP contribution in [0.3, 0.4) is 0 Å². The molecule has 4 aromatic rings. The fraction of sp³-hybridized carbons (Fsp3) is 0. The highest BCUT2D eigenvalue weighted by Crippen LogP contribution is 2.37. The van der Waals surface area contributed by atoms with Crippen LogP contribution in [0.5, 0.6) is 0 Å². The van der Waals surface area contributed by atoms with E-state index in [-0.39, 0.29) is 16.6 Å². The number of carboxylic acids is 1. The quantitative estimate of drug-likeness (QED) is 0.360. The molecule has 1 aromatic heterocycles. The average molecular weight is 404 g/mol. The standard InChI is InChI=1S/C20H9F5N2O2/c21-10-6-2-1-4-8(10)12-14(22)16(24)13(17(25)15(12)23)19-26-11-7-3-5-9(20(28)29)18(11)27-19/h1-7H,(H,26,27)(H,28,29). The number of aromatic carboxylic acids is 1. The van der Waals surface area contributed by atoms with Crippen molar-refractivity contribution in [2.24, 2.45) is 0 Å². The molecule has 0 bridgehead atoms. The summed E-state index contributed by atoms with van der Waals surface area (Å²) < 4.78 is 72.6. The number of hydrogen-bond donors (Lipinski definition) is 2. The van der Waals surface area contributed by atoms with Crippen LogP contribution in [0.1, 0.15) is 10.4 Å². The molecule has 0 saturated carbocycles. The average Bonchev–Trinajstić information content (AvgIpc) is 3.11. The number of carboxylic acid groups (broad SMARTS) is 1. The van der Waals surface area contributed by atoms with Gasteiger partial charge in [-0.05, 0) is 18.2 Å². The van der Waals surface area contributed by atoms with Crippen molar-refractivity contribution in [1.29, 1.82) is 0 Å². The number of benzene rings is 3. The number of rotatable bonds is 3. The first kappa shape index (κ1) is 18.6. The number of aromatic amines is 1. The first-order valence-electron chi connectivity index (χ1n) is 8.14. The lowest BCUT2D eigenvalue weighted by Gasteiger charge is -2.11. The summed E-state index contributed by atoms with van der Waals surface area (Å²) in [4.78, 5) is 17.5. The van der Waals surface area contributed by atoms with E-state index < -0.39 is 57.6 Å². The van der Waals surface area contributed by atoms with Crippen molar-refractivity contribution >= 4 is 17.0 Å². The monoisotopic (exact) mass is 404 g/mol. The number of carbonyl (C=O) groups is 1. The first-order chi connectivity index (χ1) is 13.8. The van der Waals surface area contributed by atoms with Crippen LogP contribution >= 0.6 is 0 Å². The molecule has 0 saturated heterocycles. The molecule has 0 aliphatic rings. The Morgan fingerprint density at radius 2 is 1.45 bits per heavy atom. The molecule has 4 rings (SSSR count). The zero-order valence-electron chi connectivity index (χ0n) is 14.2. The molecule has 0 fully saturated rings. The van der Waals surface area contributed by atoms with Crippen LogP contribution in [-0.2, 0) is 0 Å². The van der Waals surface area contributed by atoms with Gasteiger partial charge < -0.3 is 10.1 Å². The predicted octanol–water partition coefficient (Wildman–Crippen LogP) is 5.29. The number of aromatic nitrogens is 2. The highest BCUT2D eigenvalue weighted by molar-refractivity contribution is 6.01. The molecule has 0 amide bonds. The van der Waals surface area contributed by atoms with Crippen molar-refractivity contribution in [2.75, 3.05) is 0 Å². The van der Waals surface area contributed by atoms with E-state index in [0.29, 0.717) is 0 Å². The number of H-pyrrole nitrogens is 1. The largest absolute Gasteiger partial charge is 0.478 e. The molecule has 9 heteroatoms. The number of imidazole rings is 1. The lowest BCUT2D eigenvalue weighted by atomic mass is 10.00. The third-order valence-electron chi connectivity index (χ3n) is 4.39. The van der Waals surface area contributed by atoms with E-state index in [1.807, 2.05) is 0 Å². The van der Waals surface area contributed by atoms with Gasteiger partial charge in [0.05, 0.1) is 22.2 Å². The summed E-state index contributed by atoms with van der Waals surface area (Å²) in [5.74, 6) is -10.2. The number of nitrogens with zero attached hydrogens (tertiary/aromatic N) is 1. The lowest BCUT2D eigenvalue weighted by Crippen LogP contribution is -2.05. The van der Waals surface area contributed by atoms with Gasteiger partial charge in [0.1, 0.15) is 17.2 Å². The minimum absolute atomic E-state index is 0.0951. The van der Waals surface area contributed by atoms with Gasteiger partial charge in [-0.15, -0.1) is 0 Å². The van der Waals surface area contributed by atoms with Gasteiger partial charge in [-0.3, -0.25) is 0 Å². The Kier molecular flexibility index (Phi) is 4.30. The molecule has 3 aromatic carbocycles. The minimum atomic E-state index is -1.80. The van der Waals surface area contributed by atoms with E-state index >= 15 is 0 Å².